The highest BCUT2D eigenvalue weighted by Gasteiger charge is 2.26. The molecule has 0 spiro atoms. The van der Waals surface area contributed by atoms with Gasteiger partial charge in [0.1, 0.15) is 22.8 Å². The van der Waals surface area contributed by atoms with E-state index in [0.29, 0.717) is 53.1 Å². The summed E-state index contributed by atoms with van der Waals surface area (Å²) in [6.45, 7) is 2.04. The van der Waals surface area contributed by atoms with Crippen molar-refractivity contribution in [1.29, 1.82) is 0 Å². The molecule has 2 heterocycles. The van der Waals surface area contributed by atoms with E-state index in [1.165, 1.54) is 24.5 Å². The molecule has 0 N–H and O–H groups in total. The number of anilines is 1. The zero-order valence-corrected chi connectivity index (χ0v) is 16.8. The number of amides is 1. The van der Waals surface area contributed by atoms with E-state index in [4.69, 9.17) is 9.47 Å². The molecule has 0 bridgehead atoms. The van der Waals surface area contributed by atoms with Gasteiger partial charge >= 0.3 is 0 Å². The van der Waals surface area contributed by atoms with Gasteiger partial charge in [-0.25, -0.2) is 13.8 Å². The minimum Gasteiger partial charge on any atom is -0.497 e. The van der Waals surface area contributed by atoms with Crippen molar-refractivity contribution in [2.45, 2.75) is 0 Å². The Kier molecular flexibility index (Phi) is 5.23. The highest BCUT2D eigenvalue weighted by molar-refractivity contribution is 7.22. The van der Waals surface area contributed by atoms with Crippen LogP contribution in [0.1, 0.15) is 10.4 Å². The lowest BCUT2D eigenvalue weighted by Crippen LogP contribution is -2.48. The molecule has 2 aromatic carbocycles. The van der Waals surface area contributed by atoms with Crippen LogP contribution in [-0.2, 0) is 0 Å². The Hall–Kier alpha value is -2.94. The summed E-state index contributed by atoms with van der Waals surface area (Å²) in [6, 6.07) is 7.23. The number of ether oxygens (including phenoxy) is 2. The van der Waals surface area contributed by atoms with Gasteiger partial charge in [0.15, 0.2) is 10.9 Å². The highest BCUT2D eigenvalue weighted by atomic mass is 32.1. The Bertz CT molecular complexity index is 1060. The number of aromatic nitrogens is 1. The summed E-state index contributed by atoms with van der Waals surface area (Å²) in [6.07, 6.45) is 0. The van der Waals surface area contributed by atoms with Crippen LogP contribution in [0.3, 0.4) is 0 Å². The molecule has 1 aliphatic rings. The molecule has 29 heavy (non-hydrogen) atoms. The fraction of sp³-hybridized carbons (Fsp3) is 0.300. The Labute approximate surface area is 170 Å². The lowest BCUT2D eigenvalue weighted by Gasteiger charge is -2.34. The number of hydrogen-bond acceptors (Lipinski definition) is 6. The van der Waals surface area contributed by atoms with Crippen LogP contribution in [0.15, 0.2) is 30.3 Å². The van der Waals surface area contributed by atoms with Gasteiger partial charge in [0.2, 0.25) is 0 Å². The second-order valence-corrected chi connectivity index (χ2v) is 7.59. The van der Waals surface area contributed by atoms with Crippen molar-refractivity contribution in [3.05, 3.63) is 47.5 Å². The van der Waals surface area contributed by atoms with E-state index < -0.39 is 11.6 Å². The zero-order valence-electron chi connectivity index (χ0n) is 15.9. The maximum Gasteiger partial charge on any atom is 0.257 e. The molecule has 0 radical (unpaired) electrons. The monoisotopic (exact) mass is 419 g/mol. The van der Waals surface area contributed by atoms with Gasteiger partial charge in [0.05, 0.1) is 24.5 Å². The highest BCUT2D eigenvalue weighted by Crippen LogP contribution is 2.32. The molecular formula is C20H19F2N3O3S. The normalized spacial score (nSPS) is 14.3. The average molecular weight is 419 g/mol. The van der Waals surface area contributed by atoms with Gasteiger partial charge in [-0.2, -0.15) is 0 Å². The summed E-state index contributed by atoms with van der Waals surface area (Å²) in [4.78, 5) is 21.0. The van der Waals surface area contributed by atoms with Gasteiger partial charge in [-0.05, 0) is 24.3 Å². The summed E-state index contributed by atoms with van der Waals surface area (Å²) in [5, 5.41) is 0.621. The number of carbonyl (C=O) groups is 1. The lowest BCUT2D eigenvalue weighted by molar-refractivity contribution is 0.0743. The molecule has 1 saturated heterocycles. The molecule has 3 aromatic rings. The van der Waals surface area contributed by atoms with Gasteiger partial charge in [0.25, 0.3) is 5.91 Å². The van der Waals surface area contributed by atoms with Crippen LogP contribution >= 0.6 is 11.3 Å². The SMILES string of the molecule is COc1ccc(OC)c(C(=O)N2CCN(c3nc4c(F)cc(F)cc4s3)CC2)c1. The van der Waals surface area contributed by atoms with E-state index in [1.807, 2.05) is 4.90 Å². The quantitative estimate of drug-likeness (QED) is 0.647. The summed E-state index contributed by atoms with van der Waals surface area (Å²) >= 11 is 1.24. The van der Waals surface area contributed by atoms with Gasteiger partial charge in [0, 0.05) is 32.2 Å². The van der Waals surface area contributed by atoms with Crippen LogP contribution in [0.2, 0.25) is 0 Å². The number of nitrogens with zero attached hydrogens (tertiary/aromatic N) is 3. The standard InChI is InChI=1S/C20H19F2N3O3S/c1-27-13-3-4-16(28-2)14(11-13)19(26)24-5-7-25(8-6-24)20-23-18-15(22)9-12(21)10-17(18)29-20/h3-4,9-11H,5-8H2,1-2H3. The zero-order chi connectivity index (χ0) is 20.5. The van der Waals surface area contributed by atoms with Crippen LogP contribution in [-0.4, -0.2) is 56.2 Å². The van der Waals surface area contributed by atoms with Crippen molar-refractivity contribution < 1.29 is 23.0 Å². The molecular weight excluding hydrogens is 400 g/mol. The third-order valence-corrected chi connectivity index (χ3v) is 5.94. The van der Waals surface area contributed by atoms with Crippen LogP contribution in [0, 0.1) is 11.6 Å². The molecule has 9 heteroatoms. The molecule has 1 aliphatic heterocycles. The maximum absolute atomic E-state index is 13.9. The topological polar surface area (TPSA) is 54.9 Å². The summed E-state index contributed by atoms with van der Waals surface area (Å²) in [5.41, 5.74) is 0.615. The van der Waals surface area contributed by atoms with Gasteiger partial charge < -0.3 is 19.3 Å². The van der Waals surface area contributed by atoms with Gasteiger partial charge in [-0.1, -0.05) is 11.3 Å². The molecule has 6 nitrogen and oxygen atoms in total. The van der Waals surface area contributed by atoms with Gasteiger partial charge in [-0.3, -0.25) is 4.79 Å². The number of fused-ring (bicyclic) bond motifs is 1. The first-order valence-corrected chi connectivity index (χ1v) is 9.83. The van der Waals surface area contributed by atoms with E-state index in [2.05, 4.69) is 4.98 Å². The molecule has 1 amide bonds. The van der Waals surface area contributed by atoms with Crippen molar-refractivity contribution in [2.24, 2.45) is 0 Å². The molecule has 1 aromatic heterocycles. The molecule has 0 saturated carbocycles. The Morgan fingerprint density at radius 2 is 1.83 bits per heavy atom. The van der Waals surface area contributed by atoms with Crippen LogP contribution in [0.5, 0.6) is 11.5 Å². The van der Waals surface area contributed by atoms with E-state index in [9.17, 15) is 13.6 Å². The van der Waals surface area contributed by atoms with Gasteiger partial charge in [-0.15, -0.1) is 0 Å². The van der Waals surface area contributed by atoms with Crippen LogP contribution < -0.4 is 14.4 Å². The molecule has 0 atom stereocenters. The van der Waals surface area contributed by atoms with Crippen LogP contribution in [0.25, 0.3) is 10.2 Å². The smallest absolute Gasteiger partial charge is 0.257 e. The average Bonchev–Trinajstić information content (AvgIpc) is 3.17. The number of benzene rings is 2. The third kappa shape index (κ3) is 3.69. The first-order chi connectivity index (χ1) is 14.0. The molecule has 1 fully saturated rings. The van der Waals surface area contributed by atoms with E-state index in [1.54, 1.807) is 30.2 Å². The van der Waals surface area contributed by atoms with Crippen LogP contribution in [0.4, 0.5) is 13.9 Å². The number of hydrogen-bond donors (Lipinski definition) is 0. The van der Waals surface area contributed by atoms with Crippen molar-refractivity contribution in [1.82, 2.24) is 9.88 Å². The third-order valence-electron chi connectivity index (χ3n) is 4.88. The Balaban J connectivity index is 1.50. The van der Waals surface area contributed by atoms with Crippen molar-refractivity contribution >= 4 is 32.6 Å². The second-order valence-electron chi connectivity index (χ2n) is 6.58. The predicted octanol–water partition coefficient (Wildman–Crippen LogP) is 3.55. The first kappa shape index (κ1) is 19.4. The fourth-order valence-corrected chi connectivity index (χ4v) is 4.39. The van der Waals surface area contributed by atoms with E-state index in [0.717, 1.165) is 6.07 Å². The van der Waals surface area contributed by atoms with Crippen molar-refractivity contribution in [3.63, 3.8) is 0 Å². The number of halogens is 2. The minimum absolute atomic E-state index is 0.141. The van der Waals surface area contributed by atoms with E-state index in [-0.39, 0.29) is 11.4 Å². The summed E-state index contributed by atoms with van der Waals surface area (Å²) in [5.74, 6) is -0.356. The fourth-order valence-electron chi connectivity index (χ4n) is 3.33. The predicted molar refractivity (Wildman–Crippen MR) is 107 cm³/mol. The second kappa shape index (κ2) is 7.82. The Morgan fingerprint density at radius 1 is 1.07 bits per heavy atom. The number of thiazole rings is 1. The lowest BCUT2D eigenvalue weighted by atomic mass is 10.1. The number of piperazine rings is 1. The maximum atomic E-state index is 13.9. The summed E-state index contributed by atoms with van der Waals surface area (Å²) in [7, 11) is 3.06. The van der Waals surface area contributed by atoms with Crippen molar-refractivity contribution in [3.8, 4) is 11.5 Å². The molecule has 0 unspecified atom stereocenters. The first-order valence-electron chi connectivity index (χ1n) is 9.02. The molecule has 152 valence electrons. The largest absolute Gasteiger partial charge is 0.497 e. The van der Waals surface area contributed by atoms with Crippen molar-refractivity contribution in [2.75, 3.05) is 45.3 Å². The number of methoxy groups -OCH3 is 2. The summed E-state index contributed by atoms with van der Waals surface area (Å²) < 4.78 is 38.4. The Morgan fingerprint density at radius 3 is 2.52 bits per heavy atom. The molecule has 0 aliphatic carbocycles. The van der Waals surface area contributed by atoms with E-state index >= 15 is 0 Å². The number of rotatable bonds is 4. The number of carbonyl (C=O) groups excluding carboxylic acids is 1. The minimum atomic E-state index is -0.665. The molecule has 4 rings (SSSR count).